The number of rotatable bonds is 2. The predicted molar refractivity (Wildman–Crippen MR) is 62.8 cm³/mol. The van der Waals surface area contributed by atoms with Crippen molar-refractivity contribution >= 4 is 5.97 Å². The lowest BCUT2D eigenvalue weighted by molar-refractivity contribution is 0.0600. The summed E-state index contributed by atoms with van der Waals surface area (Å²) in [5.74, 6) is -0.284. The molecule has 90 valence electrons. The summed E-state index contributed by atoms with van der Waals surface area (Å²) in [6.45, 7) is 0. The van der Waals surface area contributed by atoms with Gasteiger partial charge >= 0.3 is 5.97 Å². The van der Waals surface area contributed by atoms with E-state index in [1.54, 1.807) is 6.07 Å². The maximum Gasteiger partial charge on any atom is 0.337 e. The summed E-state index contributed by atoms with van der Waals surface area (Å²) in [4.78, 5) is 11.5. The third kappa shape index (κ3) is 1.75. The van der Waals surface area contributed by atoms with Gasteiger partial charge in [-0.05, 0) is 30.5 Å². The Bertz CT molecular complexity index is 447. The third-order valence-corrected chi connectivity index (χ3v) is 3.83. The second kappa shape index (κ2) is 3.84. The summed E-state index contributed by atoms with van der Waals surface area (Å²) in [6, 6.07) is 7.60. The molecule has 1 aliphatic heterocycles. The number of hydrogen-bond donors (Lipinski definition) is 0. The lowest BCUT2D eigenvalue weighted by atomic mass is 9.97. The van der Waals surface area contributed by atoms with Gasteiger partial charge in [0, 0.05) is 0 Å². The Labute approximate surface area is 101 Å². The zero-order valence-corrected chi connectivity index (χ0v) is 9.94. The molecule has 17 heavy (non-hydrogen) atoms. The van der Waals surface area contributed by atoms with Gasteiger partial charge in [0.05, 0.1) is 18.3 Å². The molecular formula is C14H16O3. The minimum atomic E-state index is -0.284. The summed E-state index contributed by atoms with van der Waals surface area (Å²) in [6.07, 6.45) is 5.01. The van der Waals surface area contributed by atoms with E-state index in [9.17, 15) is 4.79 Å². The zero-order chi connectivity index (χ0) is 11.9. The van der Waals surface area contributed by atoms with Crippen LogP contribution in [0.2, 0.25) is 0 Å². The van der Waals surface area contributed by atoms with Crippen molar-refractivity contribution in [3.05, 3.63) is 35.4 Å². The van der Waals surface area contributed by atoms with Crippen LogP contribution < -0.4 is 0 Å². The number of esters is 1. The van der Waals surface area contributed by atoms with Crippen LogP contribution in [0.1, 0.15) is 47.7 Å². The molecule has 1 unspecified atom stereocenters. The summed E-state index contributed by atoms with van der Waals surface area (Å²) in [7, 11) is 1.40. The van der Waals surface area contributed by atoms with Crippen molar-refractivity contribution in [3.8, 4) is 0 Å². The normalized spacial score (nSPS) is 24.9. The molecule has 2 fully saturated rings. The van der Waals surface area contributed by atoms with Gasteiger partial charge in [-0.1, -0.05) is 25.0 Å². The van der Waals surface area contributed by atoms with Gasteiger partial charge in [0.15, 0.2) is 0 Å². The smallest absolute Gasteiger partial charge is 0.337 e. The quantitative estimate of drug-likeness (QED) is 0.581. The molecule has 1 saturated heterocycles. The van der Waals surface area contributed by atoms with E-state index >= 15 is 0 Å². The molecule has 0 N–H and O–H groups in total. The summed E-state index contributed by atoms with van der Waals surface area (Å²) < 4.78 is 10.6. The molecule has 0 aromatic heterocycles. The van der Waals surface area contributed by atoms with Gasteiger partial charge < -0.3 is 9.47 Å². The number of methoxy groups -OCH3 is 1. The van der Waals surface area contributed by atoms with Gasteiger partial charge in [-0.15, -0.1) is 0 Å². The Balaban J connectivity index is 1.83. The van der Waals surface area contributed by atoms with E-state index in [2.05, 4.69) is 0 Å². The molecule has 0 radical (unpaired) electrons. The summed E-state index contributed by atoms with van der Waals surface area (Å²) in [5.41, 5.74) is 1.80. The predicted octanol–water partition coefficient (Wildman–Crippen LogP) is 2.86. The topological polar surface area (TPSA) is 38.8 Å². The van der Waals surface area contributed by atoms with E-state index in [1.165, 1.54) is 20.0 Å². The van der Waals surface area contributed by atoms with E-state index in [1.807, 2.05) is 18.2 Å². The van der Waals surface area contributed by atoms with Crippen LogP contribution in [0.3, 0.4) is 0 Å². The highest BCUT2D eigenvalue weighted by Crippen LogP contribution is 2.58. The van der Waals surface area contributed by atoms with Crippen molar-refractivity contribution in [2.24, 2.45) is 0 Å². The first-order valence-corrected chi connectivity index (χ1v) is 6.11. The lowest BCUT2D eigenvalue weighted by Crippen LogP contribution is -2.06. The molecule has 1 spiro atoms. The lowest BCUT2D eigenvalue weighted by Gasteiger charge is -2.04. The minimum absolute atomic E-state index is 0.0920. The zero-order valence-electron chi connectivity index (χ0n) is 9.94. The first kappa shape index (κ1) is 10.8. The minimum Gasteiger partial charge on any atom is -0.465 e. The van der Waals surface area contributed by atoms with Crippen LogP contribution in [-0.2, 0) is 9.47 Å². The molecule has 1 atom stereocenters. The van der Waals surface area contributed by atoms with Crippen LogP contribution >= 0.6 is 0 Å². The van der Waals surface area contributed by atoms with Crippen LogP contribution in [0.15, 0.2) is 24.3 Å². The van der Waals surface area contributed by atoms with Gasteiger partial charge in [-0.2, -0.15) is 0 Å². The van der Waals surface area contributed by atoms with E-state index in [0.29, 0.717) is 5.56 Å². The number of benzene rings is 1. The first-order valence-electron chi connectivity index (χ1n) is 6.11. The van der Waals surface area contributed by atoms with Crippen LogP contribution in [-0.4, -0.2) is 18.7 Å². The molecule has 1 heterocycles. The van der Waals surface area contributed by atoms with Gasteiger partial charge in [-0.3, -0.25) is 0 Å². The first-order chi connectivity index (χ1) is 8.25. The van der Waals surface area contributed by atoms with Gasteiger partial charge in [0.1, 0.15) is 6.10 Å². The average molecular weight is 232 g/mol. The molecule has 3 rings (SSSR count). The Morgan fingerprint density at radius 2 is 2.18 bits per heavy atom. The molecule has 0 amide bonds. The standard InChI is InChI=1S/C14H16O3/c1-16-13(15)11-6-4-5-10(9-11)12-14(17-12)7-2-3-8-14/h4-6,9,12H,2-3,7-8H2,1H3. The fraction of sp³-hybridized carbons (Fsp3) is 0.500. The van der Waals surface area contributed by atoms with E-state index in [0.717, 1.165) is 18.4 Å². The molecular weight excluding hydrogens is 216 g/mol. The largest absolute Gasteiger partial charge is 0.465 e. The molecule has 3 heteroatoms. The molecule has 1 aliphatic carbocycles. The van der Waals surface area contributed by atoms with Crippen LogP contribution in [0.4, 0.5) is 0 Å². The number of carbonyl (C=O) groups is 1. The molecule has 2 aliphatic rings. The highest BCUT2D eigenvalue weighted by atomic mass is 16.6. The van der Waals surface area contributed by atoms with Gasteiger partial charge in [0.2, 0.25) is 0 Å². The van der Waals surface area contributed by atoms with Crippen molar-refractivity contribution < 1.29 is 14.3 Å². The highest BCUT2D eigenvalue weighted by Gasteiger charge is 2.57. The average Bonchev–Trinajstić information content (AvgIpc) is 2.86. The molecule has 0 bridgehead atoms. The molecule has 1 aromatic carbocycles. The molecule has 3 nitrogen and oxygen atoms in total. The second-order valence-corrected chi connectivity index (χ2v) is 4.89. The summed E-state index contributed by atoms with van der Waals surface area (Å²) in [5, 5.41) is 0. The Morgan fingerprint density at radius 3 is 2.88 bits per heavy atom. The van der Waals surface area contributed by atoms with E-state index in [-0.39, 0.29) is 17.7 Å². The van der Waals surface area contributed by atoms with Crippen molar-refractivity contribution in [2.75, 3.05) is 7.11 Å². The maximum atomic E-state index is 11.5. The van der Waals surface area contributed by atoms with Crippen LogP contribution in [0, 0.1) is 0 Å². The number of epoxide rings is 1. The third-order valence-electron chi connectivity index (χ3n) is 3.83. The Morgan fingerprint density at radius 1 is 1.41 bits per heavy atom. The maximum absolute atomic E-state index is 11.5. The van der Waals surface area contributed by atoms with Crippen molar-refractivity contribution in [2.45, 2.75) is 37.4 Å². The highest BCUT2D eigenvalue weighted by molar-refractivity contribution is 5.89. The van der Waals surface area contributed by atoms with Crippen LogP contribution in [0.25, 0.3) is 0 Å². The van der Waals surface area contributed by atoms with Crippen molar-refractivity contribution in [1.29, 1.82) is 0 Å². The summed E-state index contributed by atoms with van der Waals surface area (Å²) >= 11 is 0. The van der Waals surface area contributed by atoms with E-state index < -0.39 is 0 Å². The number of hydrogen-bond acceptors (Lipinski definition) is 3. The van der Waals surface area contributed by atoms with Crippen molar-refractivity contribution in [3.63, 3.8) is 0 Å². The molecule has 1 saturated carbocycles. The number of carbonyl (C=O) groups excluding carboxylic acids is 1. The monoisotopic (exact) mass is 232 g/mol. The van der Waals surface area contributed by atoms with Crippen LogP contribution in [0.5, 0.6) is 0 Å². The Kier molecular flexibility index (Phi) is 2.44. The Hall–Kier alpha value is -1.35. The second-order valence-electron chi connectivity index (χ2n) is 4.89. The van der Waals surface area contributed by atoms with Gasteiger partial charge in [0.25, 0.3) is 0 Å². The molecule has 1 aromatic rings. The SMILES string of the molecule is COC(=O)c1cccc(C2OC23CCCC3)c1. The fourth-order valence-electron chi connectivity index (χ4n) is 2.87. The van der Waals surface area contributed by atoms with Crippen molar-refractivity contribution in [1.82, 2.24) is 0 Å². The number of ether oxygens (including phenoxy) is 2. The van der Waals surface area contributed by atoms with E-state index in [4.69, 9.17) is 9.47 Å². The van der Waals surface area contributed by atoms with Gasteiger partial charge in [-0.25, -0.2) is 4.79 Å². The fourth-order valence-corrected chi connectivity index (χ4v) is 2.87.